The van der Waals surface area contributed by atoms with Gasteiger partial charge in [-0.2, -0.15) is 8.78 Å². The number of rotatable bonds is 2. The van der Waals surface area contributed by atoms with E-state index < -0.39 is 16.4 Å². The van der Waals surface area contributed by atoms with Gasteiger partial charge in [0.15, 0.2) is 0 Å². The highest BCUT2D eigenvalue weighted by Gasteiger charge is 2.16. The highest BCUT2D eigenvalue weighted by atomic mass is 32.2. The van der Waals surface area contributed by atoms with E-state index >= 15 is 0 Å². The van der Waals surface area contributed by atoms with Gasteiger partial charge in [-0.05, 0) is 16.8 Å². The van der Waals surface area contributed by atoms with Crippen LogP contribution in [0.5, 0.6) is 0 Å². The molecule has 2 rings (SSSR count). The van der Waals surface area contributed by atoms with Crippen molar-refractivity contribution in [1.82, 2.24) is 0 Å². The molecule has 4 heteroatoms. The molecule has 0 saturated carbocycles. The first kappa shape index (κ1) is 9.52. The fourth-order valence-electron chi connectivity index (χ4n) is 1.26. The van der Waals surface area contributed by atoms with E-state index in [0.29, 0.717) is 11.4 Å². The number of alkyl halides is 2. The number of hydrogen-bond donors (Lipinski definition) is 0. The van der Waals surface area contributed by atoms with Crippen molar-refractivity contribution < 1.29 is 8.78 Å². The second-order valence-electron chi connectivity index (χ2n) is 2.88. The van der Waals surface area contributed by atoms with Crippen LogP contribution in [-0.2, 0) is 10.7 Å². The standard InChI is InChI=1S/C10H9F2NS/c11-10(12)14-7-6-9(13-14)8-4-2-1-3-5-8/h1-6,10H,7H2. The number of nitrogens with zero attached hydrogens (tertiary/aromatic N) is 1. The van der Waals surface area contributed by atoms with E-state index in [-0.39, 0.29) is 0 Å². The Morgan fingerprint density at radius 1 is 1.21 bits per heavy atom. The number of hydrogen-bond acceptors (Lipinski definition) is 1. The van der Waals surface area contributed by atoms with Crippen molar-refractivity contribution in [1.29, 1.82) is 0 Å². The van der Waals surface area contributed by atoms with Crippen LogP contribution in [0.15, 0.2) is 40.8 Å². The maximum atomic E-state index is 12.3. The average Bonchev–Trinajstić information content (AvgIpc) is 2.68. The zero-order valence-electron chi connectivity index (χ0n) is 7.36. The molecule has 1 aromatic carbocycles. The van der Waals surface area contributed by atoms with E-state index in [1.165, 1.54) is 0 Å². The molecule has 74 valence electrons. The lowest BCUT2D eigenvalue weighted by Crippen LogP contribution is -2.01. The summed E-state index contributed by atoms with van der Waals surface area (Å²) in [5.41, 5.74) is 1.62. The summed E-state index contributed by atoms with van der Waals surface area (Å²) in [4.78, 5) is 0. The molecule has 0 aromatic heterocycles. The van der Waals surface area contributed by atoms with Gasteiger partial charge >= 0.3 is 0 Å². The molecular weight excluding hydrogens is 204 g/mol. The molecule has 0 bridgehead atoms. The Labute approximate surface area is 83.6 Å². The van der Waals surface area contributed by atoms with Crippen LogP contribution in [0.25, 0.3) is 5.70 Å². The van der Waals surface area contributed by atoms with Crippen LogP contribution in [-0.4, -0.2) is 11.5 Å². The summed E-state index contributed by atoms with van der Waals surface area (Å²) >= 11 is 0. The zero-order chi connectivity index (χ0) is 9.97. The molecule has 1 aromatic rings. The second kappa shape index (κ2) is 4.00. The van der Waals surface area contributed by atoms with Crippen LogP contribution in [0.3, 0.4) is 0 Å². The van der Waals surface area contributed by atoms with Crippen LogP contribution in [0, 0.1) is 0 Å². The topological polar surface area (TPSA) is 12.4 Å². The molecule has 0 saturated heterocycles. The maximum Gasteiger partial charge on any atom is 0.294 e. The van der Waals surface area contributed by atoms with Gasteiger partial charge < -0.3 is 0 Å². The smallest absolute Gasteiger partial charge is 0.222 e. The summed E-state index contributed by atoms with van der Waals surface area (Å²) in [5.74, 6) is -1.95. The lowest BCUT2D eigenvalue weighted by molar-refractivity contribution is 0.249. The van der Waals surface area contributed by atoms with Crippen molar-refractivity contribution in [3.63, 3.8) is 0 Å². The van der Waals surface area contributed by atoms with Crippen molar-refractivity contribution in [2.45, 2.75) is 5.76 Å². The van der Waals surface area contributed by atoms with Crippen LogP contribution in [0.4, 0.5) is 8.78 Å². The number of benzene rings is 1. The Hall–Kier alpha value is -1.03. The van der Waals surface area contributed by atoms with Gasteiger partial charge in [-0.1, -0.05) is 30.3 Å². The fraction of sp³-hybridized carbons (Fsp3) is 0.200. The number of halogens is 2. The molecule has 0 radical (unpaired) electrons. The summed E-state index contributed by atoms with van der Waals surface area (Å²) in [7, 11) is -1.11. The van der Waals surface area contributed by atoms with E-state index in [4.69, 9.17) is 0 Å². The third kappa shape index (κ3) is 1.90. The van der Waals surface area contributed by atoms with Crippen molar-refractivity contribution in [3.05, 3.63) is 42.0 Å². The minimum atomic E-state index is -2.33. The predicted molar refractivity (Wildman–Crippen MR) is 55.1 cm³/mol. The first-order chi connectivity index (χ1) is 6.77. The van der Waals surface area contributed by atoms with Crippen molar-refractivity contribution in [2.24, 2.45) is 4.36 Å². The van der Waals surface area contributed by atoms with Crippen LogP contribution in [0.2, 0.25) is 0 Å². The molecule has 0 N–H and O–H groups in total. The lowest BCUT2D eigenvalue weighted by atomic mass is 10.2. The zero-order valence-corrected chi connectivity index (χ0v) is 8.18. The Morgan fingerprint density at radius 2 is 1.93 bits per heavy atom. The van der Waals surface area contributed by atoms with Crippen LogP contribution >= 0.6 is 0 Å². The third-order valence-electron chi connectivity index (χ3n) is 1.94. The monoisotopic (exact) mass is 213 g/mol. The van der Waals surface area contributed by atoms with Crippen LogP contribution < -0.4 is 0 Å². The highest BCUT2D eigenvalue weighted by molar-refractivity contribution is 7.88. The fourth-order valence-corrected chi connectivity index (χ4v) is 2.32. The van der Waals surface area contributed by atoms with E-state index in [1.54, 1.807) is 6.08 Å². The van der Waals surface area contributed by atoms with E-state index in [9.17, 15) is 8.78 Å². The van der Waals surface area contributed by atoms with E-state index in [1.807, 2.05) is 30.3 Å². The Morgan fingerprint density at radius 3 is 2.50 bits per heavy atom. The second-order valence-corrected chi connectivity index (χ2v) is 4.55. The van der Waals surface area contributed by atoms with Crippen molar-refractivity contribution >= 4 is 16.4 Å². The van der Waals surface area contributed by atoms with E-state index in [0.717, 1.165) is 5.56 Å². The molecule has 1 nitrogen and oxygen atoms in total. The summed E-state index contributed by atoms with van der Waals surface area (Å²) < 4.78 is 28.6. The maximum absolute atomic E-state index is 12.3. The summed E-state index contributed by atoms with van der Waals surface area (Å²) in [6.45, 7) is 0. The van der Waals surface area contributed by atoms with Gasteiger partial charge in [0.1, 0.15) is 0 Å². The van der Waals surface area contributed by atoms with Gasteiger partial charge in [0.2, 0.25) is 0 Å². The minimum absolute atomic E-state index is 0.377. The van der Waals surface area contributed by atoms with Crippen molar-refractivity contribution in [3.8, 4) is 0 Å². The molecule has 1 atom stereocenters. The molecular formula is C10H9F2NS. The van der Waals surface area contributed by atoms with Gasteiger partial charge in [0.25, 0.3) is 5.76 Å². The lowest BCUT2D eigenvalue weighted by Gasteiger charge is -1.98. The average molecular weight is 213 g/mol. The molecule has 0 spiro atoms. The van der Waals surface area contributed by atoms with E-state index in [2.05, 4.69) is 4.36 Å². The third-order valence-corrected chi connectivity index (χ3v) is 3.29. The molecule has 1 heterocycles. The Balaban J connectivity index is 2.23. The highest BCUT2D eigenvalue weighted by Crippen LogP contribution is 2.24. The SMILES string of the molecule is FC(F)S1=NC(c2ccccc2)=CC1. The van der Waals surface area contributed by atoms with Crippen LogP contribution in [0.1, 0.15) is 5.56 Å². The van der Waals surface area contributed by atoms with Gasteiger partial charge in [-0.15, -0.1) is 0 Å². The molecule has 0 amide bonds. The largest absolute Gasteiger partial charge is 0.294 e. The van der Waals surface area contributed by atoms with Gasteiger partial charge in [-0.25, -0.2) is 4.36 Å². The molecule has 1 unspecified atom stereocenters. The quantitative estimate of drug-likeness (QED) is 0.716. The molecule has 0 fully saturated rings. The molecule has 1 aliphatic rings. The molecule has 14 heavy (non-hydrogen) atoms. The first-order valence-corrected chi connectivity index (χ1v) is 5.64. The molecule has 1 aliphatic heterocycles. The first-order valence-electron chi connectivity index (χ1n) is 4.22. The van der Waals surface area contributed by atoms with Gasteiger partial charge in [-0.3, -0.25) is 0 Å². The Kier molecular flexibility index (Phi) is 2.72. The van der Waals surface area contributed by atoms with Crippen molar-refractivity contribution in [2.75, 3.05) is 5.75 Å². The summed E-state index contributed by atoms with van der Waals surface area (Å²) in [6, 6.07) is 9.42. The Bertz CT molecular complexity index is 384. The predicted octanol–water partition coefficient (Wildman–Crippen LogP) is 3.07. The van der Waals surface area contributed by atoms with Gasteiger partial charge in [0.05, 0.1) is 5.70 Å². The molecule has 0 aliphatic carbocycles. The van der Waals surface area contributed by atoms with Gasteiger partial charge in [0, 0.05) is 11.3 Å². The minimum Gasteiger partial charge on any atom is -0.222 e. The summed E-state index contributed by atoms with van der Waals surface area (Å²) in [5, 5.41) is 0. The summed E-state index contributed by atoms with van der Waals surface area (Å²) in [6.07, 6.45) is 1.78. The normalized spacial score (nSPS) is 20.8.